The van der Waals surface area contributed by atoms with E-state index in [1.54, 1.807) is 33.8 Å². The maximum atomic E-state index is 12.4. The van der Waals surface area contributed by atoms with E-state index < -0.39 is 22.5 Å². The number of nitrogens with zero attached hydrogens (tertiary/aromatic N) is 2. The molecule has 0 fully saturated rings. The number of amides is 2. The molecule has 10 nitrogen and oxygen atoms in total. The minimum atomic E-state index is -4.10. The molecule has 11 heteroatoms. The Morgan fingerprint density at radius 3 is 2.15 bits per heavy atom. The summed E-state index contributed by atoms with van der Waals surface area (Å²) in [6.45, 7) is 7.08. The molecule has 1 rings (SSSR count). The van der Waals surface area contributed by atoms with Crippen molar-refractivity contribution < 1.29 is 31.7 Å². The summed E-state index contributed by atoms with van der Waals surface area (Å²) in [7, 11) is -4.10. The smallest absolute Gasteiger partial charge is 0.433 e. The van der Waals surface area contributed by atoms with Crippen molar-refractivity contribution in [1.82, 2.24) is 9.73 Å². The van der Waals surface area contributed by atoms with Crippen LogP contribution in [-0.2, 0) is 19.8 Å². The van der Waals surface area contributed by atoms with Crippen LogP contribution in [0.3, 0.4) is 0 Å². The highest BCUT2D eigenvalue weighted by atomic mass is 32.2. The second kappa shape index (κ2) is 10.6. The summed E-state index contributed by atoms with van der Waals surface area (Å²) < 4.78 is 40.8. The Bertz CT molecular complexity index is 735. The van der Waals surface area contributed by atoms with Crippen LogP contribution >= 0.6 is 0 Å². The molecule has 0 aliphatic carbocycles. The summed E-state index contributed by atoms with van der Waals surface area (Å²) >= 11 is 0. The Morgan fingerprint density at radius 2 is 1.59 bits per heavy atom. The van der Waals surface area contributed by atoms with Gasteiger partial charge in [0.25, 0.3) is 0 Å². The van der Waals surface area contributed by atoms with Gasteiger partial charge in [-0.15, -0.1) is 0 Å². The lowest BCUT2D eigenvalue weighted by Crippen LogP contribution is -2.47. The van der Waals surface area contributed by atoms with Crippen LogP contribution in [0.25, 0.3) is 0 Å². The van der Waals surface area contributed by atoms with E-state index in [2.05, 4.69) is 5.43 Å². The average molecular weight is 403 g/mol. The van der Waals surface area contributed by atoms with Crippen molar-refractivity contribution in [2.24, 2.45) is 0 Å². The highest BCUT2D eigenvalue weighted by Crippen LogP contribution is 2.29. The van der Waals surface area contributed by atoms with Gasteiger partial charge in [-0.3, -0.25) is 0 Å². The van der Waals surface area contributed by atoms with Crippen molar-refractivity contribution in [3.8, 4) is 5.75 Å². The molecule has 1 aromatic rings. The molecule has 27 heavy (non-hydrogen) atoms. The third-order valence-corrected chi connectivity index (χ3v) is 4.79. The molecule has 2 amide bonds. The first-order valence-corrected chi connectivity index (χ1v) is 9.85. The summed E-state index contributed by atoms with van der Waals surface area (Å²) in [4.78, 5) is 24.0. The number of nitrogens with one attached hydrogen (secondary N) is 1. The predicted octanol–water partition coefficient (Wildman–Crippen LogP) is 2.28. The number of anilines is 1. The summed E-state index contributed by atoms with van der Waals surface area (Å²) in [5.41, 5.74) is 2.18. The molecule has 0 unspecified atom stereocenters. The van der Waals surface area contributed by atoms with Gasteiger partial charge in [0.1, 0.15) is 5.69 Å². The van der Waals surface area contributed by atoms with E-state index in [1.807, 2.05) is 0 Å². The van der Waals surface area contributed by atoms with Gasteiger partial charge in [-0.1, -0.05) is 26.0 Å². The summed E-state index contributed by atoms with van der Waals surface area (Å²) in [5, 5.41) is 0.731. The van der Waals surface area contributed by atoms with Crippen molar-refractivity contribution in [3.05, 3.63) is 24.3 Å². The van der Waals surface area contributed by atoms with Gasteiger partial charge in [-0.2, -0.15) is 17.7 Å². The van der Waals surface area contributed by atoms with Gasteiger partial charge in [0, 0.05) is 13.1 Å². The number of rotatable bonds is 8. The lowest BCUT2D eigenvalue weighted by atomic mass is 10.3. The summed E-state index contributed by atoms with van der Waals surface area (Å²) in [6.07, 6.45) is -1.84. The van der Waals surface area contributed by atoms with E-state index in [-0.39, 0.29) is 37.7 Å². The lowest BCUT2D eigenvalue weighted by Gasteiger charge is -2.25. The van der Waals surface area contributed by atoms with Crippen LogP contribution in [0.15, 0.2) is 24.3 Å². The van der Waals surface area contributed by atoms with Crippen LogP contribution in [0.5, 0.6) is 5.75 Å². The molecule has 0 aliphatic rings. The van der Waals surface area contributed by atoms with E-state index in [9.17, 15) is 18.0 Å². The molecule has 0 saturated carbocycles. The zero-order valence-electron chi connectivity index (χ0n) is 15.8. The van der Waals surface area contributed by atoms with Gasteiger partial charge >= 0.3 is 22.5 Å². The van der Waals surface area contributed by atoms with Crippen LogP contribution in [0, 0.1) is 0 Å². The highest BCUT2D eigenvalue weighted by molar-refractivity contribution is 7.84. The molecule has 0 heterocycles. The summed E-state index contributed by atoms with van der Waals surface area (Å²) in [5.74, 6) is -0.158. The highest BCUT2D eigenvalue weighted by Gasteiger charge is 2.27. The monoisotopic (exact) mass is 403 g/mol. The number of para-hydroxylation sites is 2. The minimum absolute atomic E-state index is 0.0280. The fourth-order valence-corrected chi connectivity index (χ4v) is 3.17. The number of carbonyl (C=O) groups excluding carboxylic acids is 2. The Morgan fingerprint density at radius 1 is 1.00 bits per heavy atom. The third kappa shape index (κ3) is 6.29. The minimum Gasteiger partial charge on any atom is -0.449 e. The van der Waals surface area contributed by atoms with Crippen molar-refractivity contribution in [1.29, 1.82) is 0 Å². The van der Waals surface area contributed by atoms with Crippen LogP contribution in [-0.4, -0.2) is 51.2 Å². The number of hydrogen-bond acceptors (Lipinski definition) is 7. The van der Waals surface area contributed by atoms with Crippen LogP contribution in [0.2, 0.25) is 0 Å². The maximum Gasteiger partial charge on any atom is 0.433 e. The predicted molar refractivity (Wildman–Crippen MR) is 98.6 cm³/mol. The van der Waals surface area contributed by atoms with Crippen LogP contribution < -0.4 is 14.6 Å². The second-order valence-electron chi connectivity index (χ2n) is 4.96. The van der Waals surface area contributed by atoms with Gasteiger partial charge in [0.05, 0.1) is 13.2 Å². The van der Waals surface area contributed by atoms with Gasteiger partial charge < -0.3 is 13.7 Å². The zero-order chi connectivity index (χ0) is 20.4. The SMILES string of the molecule is CCOC(=O)NN(C(=O)OCC)c1ccccc1OS(=O)(=O)N(CC)CC. The largest absolute Gasteiger partial charge is 0.449 e. The Kier molecular flexibility index (Phi) is 8.82. The molecule has 1 aromatic carbocycles. The van der Waals surface area contributed by atoms with Gasteiger partial charge in [0.15, 0.2) is 5.75 Å². The Hall–Kier alpha value is -2.53. The van der Waals surface area contributed by atoms with Crippen molar-refractivity contribution in [3.63, 3.8) is 0 Å². The fourth-order valence-electron chi connectivity index (χ4n) is 2.07. The molecule has 0 saturated heterocycles. The second-order valence-corrected chi connectivity index (χ2v) is 6.50. The van der Waals surface area contributed by atoms with Crippen molar-refractivity contribution in [2.75, 3.05) is 31.3 Å². The lowest BCUT2D eigenvalue weighted by molar-refractivity contribution is 0.138. The van der Waals surface area contributed by atoms with E-state index in [4.69, 9.17) is 13.7 Å². The molecular formula is C16H25N3O7S. The van der Waals surface area contributed by atoms with Crippen molar-refractivity contribution >= 4 is 28.2 Å². The number of carbonyl (C=O) groups is 2. The van der Waals surface area contributed by atoms with Gasteiger partial charge in [-0.05, 0) is 26.0 Å². The Balaban J connectivity index is 3.27. The maximum absolute atomic E-state index is 12.4. The van der Waals surface area contributed by atoms with E-state index in [0.29, 0.717) is 0 Å². The molecule has 0 bridgehead atoms. The normalized spacial score (nSPS) is 11.0. The van der Waals surface area contributed by atoms with E-state index in [0.717, 1.165) is 9.31 Å². The number of hydrogen-bond donors (Lipinski definition) is 1. The van der Waals surface area contributed by atoms with E-state index >= 15 is 0 Å². The standard InChI is InChI=1S/C16H25N3O7S/c1-5-18(6-2)27(22,23)26-14-12-10-9-11-13(14)19(16(21)25-8-4)17-15(20)24-7-3/h9-12H,5-8H2,1-4H3,(H,17,20). The number of ether oxygens (including phenoxy) is 2. The first-order valence-electron chi connectivity index (χ1n) is 8.49. The van der Waals surface area contributed by atoms with Crippen molar-refractivity contribution in [2.45, 2.75) is 27.7 Å². The first-order chi connectivity index (χ1) is 12.8. The molecule has 152 valence electrons. The third-order valence-electron chi connectivity index (χ3n) is 3.25. The van der Waals surface area contributed by atoms with E-state index in [1.165, 1.54) is 18.2 Å². The molecule has 0 aliphatic heterocycles. The van der Waals surface area contributed by atoms with Crippen LogP contribution in [0.1, 0.15) is 27.7 Å². The topological polar surface area (TPSA) is 114 Å². The van der Waals surface area contributed by atoms with Gasteiger partial charge in [-0.25, -0.2) is 15.0 Å². The average Bonchev–Trinajstić information content (AvgIpc) is 2.61. The quantitative estimate of drug-likeness (QED) is 0.662. The molecule has 0 radical (unpaired) electrons. The first kappa shape index (κ1) is 22.5. The number of hydrazine groups is 1. The Labute approximate surface area is 159 Å². The molecule has 1 N–H and O–H groups in total. The fraction of sp³-hybridized carbons (Fsp3) is 0.500. The van der Waals surface area contributed by atoms with Crippen LogP contribution in [0.4, 0.5) is 15.3 Å². The van der Waals surface area contributed by atoms with Gasteiger partial charge in [0.2, 0.25) is 0 Å². The number of benzene rings is 1. The molecular weight excluding hydrogens is 378 g/mol. The molecule has 0 atom stereocenters. The molecule has 0 spiro atoms. The summed E-state index contributed by atoms with van der Waals surface area (Å²) in [6, 6.07) is 5.83. The zero-order valence-corrected chi connectivity index (χ0v) is 16.6. The molecule has 0 aromatic heterocycles.